The van der Waals surface area contributed by atoms with Crippen LogP contribution in [0.5, 0.6) is 5.75 Å². The molecule has 90 valence electrons. The van der Waals surface area contributed by atoms with Gasteiger partial charge in [0, 0.05) is 23.9 Å². The number of hydrogen-bond donors (Lipinski definition) is 4. The van der Waals surface area contributed by atoms with E-state index < -0.39 is 12.2 Å². The summed E-state index contributed by atoms with van der Waals surface area (Å²) in [5.74, 6) is 0.421. The number of ether oxygens (including phenoxy) is 1. The first-order chi connectivity index (χ1) is 7.60. The summed E-state index contributed by atoms with van der Waals surface area (Å²) in [4.78, 5) is 0. The van der Waals surface area contributed by atoms with Crippen molar-refractivity contribution in [2.75, 3.05) is 19.5 Å². The lowest BCUT2D eigenvalue weighted by Gasteiger charge is -2.19. The van der Waals surface area contributed by atoms with Crippen molar-refractivity contribution in [3.63, 3.8) is 0 Å². The average Bonchev–Trinajstić information content (AvgIpc) is 2.28. The van der Waals surface area contributed by atoms with Gasteiger partial charge < -0.3 is 25.8 Å². The third-order valence-corrected chi connectivity index (χ3v) is 2.37. The summed E-state index contributed by atoms with van der Waals surface area (Å²) < 4.78 is 5.06. The molecule has 1 aromatic carbocycles. The molecule has 2 atom stereocenters. The monoisotopic (exact) mass is 227 g/mol. The van der Waals surface area contributed by atoms with Crippen molar-refractivity contribution in [1.29, 1.82) is 0 Å². The Kier molecular flexibility index (Phi) is 4.54. The molecular formula is C11H17NO4. The highest BCUT2D eigenvalue weighted by atomic mass is 16.5. The fourth-order valence-electron chi connectivity index (χ4n) is 1.47. The van der Waals surface area contributed by atoms with Gasteiger partial charge in [-0.15, -0.1) is 0 Å². The van der Waals surface area contributed by atoms with Crippen LogP contribution in [0.2, 0.25) is 0 Å². The number of nitrogen functional groups attached to an aromatic ring is 1. The van der Waals surface area contributed by atoms with Crippen LogP contribution < -0.4 is 10.5 Å². The molecule has 0 aromatic heterocycles. The Morgan fingerprint density at radius 2 is 2.06 bits per heavy atom. The van der Waals surface area contributed by atoms with E-state index in [1.54, 1.807) is 18.2 Å². The highest BCUT2D eigenvalue weighted by Crippen LogP contribution is 2.29. The van der Waals surface area contributed by atoms with Gasteiger partial charge in [0.25, 0.3) is 0 Å². The maximum atomic E-state index is 9.84. The van der Waals surface area contributed by atoms with E-state index in [2.05, 4.69) is 0 Å². The van der Waals surface area contributed by atoms with Crippen LogP contribution in [0.15, 0.2) is 18.2 Å². The molecule has 5 heteroatoms. The van der Waals surface area contributed by atoms with Gasteiger partial charge in [-0.05, 0) is 12.5 Å². The molecule has 5 N–H and O–H groups in total. The van der Waals surface area contributed by atoms with Gasteiger partial charge >= 0.3 is 0 Å². The van der Waals surface area contributed by atoms with E-state index >= 15 is 0 Å². The van der Waals surface area contributed by atoms with E-state index in [4.69, 9.17) is 15.6 Å². The maximum absolute atomic E-state index is 9.84. The van der Waals surface area contributed by atoms with Crippen LogP contribution in [0, 0.1) is 0 Å². The van der Waals surface area contributed by atoms with Crippen LogP contribution in [0.4, 0.5) is 5.69 Å². The van der Waals surface area contributed by atoms with Gasteiger partial charge in [-0.2, -0.15) is 0 Å². The summed E-state index contributed by atoms with van der Waals surface area (Å²) in [5.41, 5.74) is 6.55. The number of aliphatic hydroxyl groups excluding tert-OH is 3. The second-order valence-electron chi connectivity index (χ2n) is 3.53. The van der Waals surface area contributed by atoms with Crippen LogP contribution in [-0.4, -0.2) is 35.1 Å². The fraction of sp³-hybridized carbons (Fsp3) is 0.455. The van der Waals surface area contributed by atoms with Gasteiger partial charge in [0.05, 0.1) is 13.2 Å². The SMILES string of the molecule is COc1cc(N)ccc1C(O)C(O)CCO. The van der Waals surface area contributed by atoms with E-state index in [1.165, 1.54) is 7.11 Å². The van der Waals surface area contributed by atoms with E-state index in [9.17, 15) is 10.2 Å². The number of nitrogens with two attached hydrogens (primary N) is 1. The third-order valence-electron chi connectivity index (χ3n) is 2.37. The van der Waals surface area contributed by atoms with Crippen molar-refractivity contribution in [2.24, 2.45) is 0 Å². The molecule has 0 aliphatic heterocycles. The van der Waals surface area contributed by atoms with Gasteiger partial charge in [0.1, 0.15) is 11.9 Å². The molecule has 0 saturated heterocycles. The third kappa shape index (κ3) is 2.85. The Hall–Kier alpha value is -1.30. The molecule has 0 aliphatic rings. The number of rotatable bonds is 5. The molecule has 1 aromatic rings. The lowest BCUT2D eigenvalue weighted by atomic mass is 10.0. The Morgan fingerprint density at radius 1 is 1.38 bits per heavy atom. The summed E-state index contributed by atoms with van der Waals surface area (Å²) in [6.07, 6.45) is -2.01. The molecule has 0 amide bonds. The predicted molar refractivity (Wildman–Crippen MR) is 60.1 cm³/mol. The number of anilines is 1. The van der Waals surface area contributed by atoms with Crippen LogP contribution in [-0.2, 0) is 0 Å². The van der Waals surface area contributed by atoms with Crippen LogP contribution >= 0.6 is 0 Å². The number of aliphatic hydroxyl groups is 3. The van der Waals surface area contributed by atoms with Crippen LogP contribution in [0.1, 0.15) is 18.1 Å². The number of benzene rings is 1. The van der Waals surface area contributed by atoms with Gasteiger partial charge in [0.15, 0.2) is 0 Å². The first kappa shape index (κ1) is 12.8. The van der Waals surface area contributed by atoms with Crippen LogP contribution in [0.3, 0.4) is 0 Å². The quantitative estimate of drug-likeness (QED) is 0.533. The Balaban J connectivity index is 2.93. The van der Waals surface area contributed by atoms with E-state index in [-0.39, 0.29) is 13.0 Å². The molecule has 16 heavy (non-hydrogen) atoms. The lowest BCUT2D eigenvalue weighted by molar-refractivity contribution is 0.00305. The summed E-state index contributed by atoms with van der Waals surface area (Å²) >= 11 is 0. The zero-order valence-electron chi connectivity index (χ0n) is 9.13. The van der Waals surface area contributed by atoms with E-state index in [0.717, 1.165) is 0 Å². The largest absolute Gasteiger partial charge is 0.496 e. The highest BCUT2D eigenvalue weighted by Gasteiger charge is 2.21. The maximum Gasteiger partial charge on any atom is 0.126 e. The Bertz CT molecular complexity index is 343. The van der Waals surface area contributed by atoms with Crippen LogP contribution in [0.25, 0.3) is 0 Å². The zero-order valence-corrected chi connectivity index (χ0v) is 9.13. The van der Waals surface area contributed by atoms with Gasteiger partial charge in [-0.1, -0.05) is 6.07 Å². The topological polar surface area (TPSA) is 95.9 Å². The molecule has 0 fully saturated rings. The zero-order chi connectivity index (χ0) is 12.1. The minimum absolute atomic E-state index is 0.106. The standard InChI is InChI=1S/C11H17NO4/c1-16-10-6-7(12)2-3-8(10)11(15)9(14)4-5-13/h2-3,6,9,11,13-15H,4-5,12H2,1H3. The average molecular weight is 227 g/mol. The highest BCUT2D eigenvalue weighted by molar-refractivity contribution is 5.49. The van der Waals surface area contributed by atoms with Crippen molar-refractivity contribution in [2.45, 2.75) is 18.6 Å². The van der Waals surface area contributed by atoms with Gasteiger partial charge in [-0.25, -0.2) is 0 Å². The summed E-state index contributed by atoms with van der Waals surface area (Å²) in [7, 11) is 1.46. The Labute approximate surface area is 94.1 Å². The molecule has 2 unspecified atom stereocenters. The second-order valence-corrected chi connectivity index (χ2v) is 3.53. The molecule has 5 nitrogen and oxygen atoms in total. The van der Waals surface area contributed by atoms with Crippen molar-refractivity contribution in [3.05, 3.63) is 23.8 Å². The first-order valence-electron chi connectivity index (χ1n) is 5.00. The minimum Gasteiger partial charge on any atom is -0.496 e. The molecule has 1 rings (SSSR count). The predicted octanol–water partition coefficient (Wildman–Crippen LogP) is 0.0541. The van der Waals surface area contributed by atoms with E-state index in [0.29, 0.717) is 17.0 Å². The number of hydrogen-bond acceptors (Lipinski definition) is 5. The molecule has 0 bridgehead atoms. The summed E-state index contributed by atoms with van der Waals surface area (Å²) in [6.45, 7) is -0.185. The van der Waals surface area contributed by atoms with Gasteiger partial charge in [-0.3, -0.25) is 0 Å². The van der Waals surface area contributed by atoms with Crippen molar-refractivity contribution in [3.8, 4) is 5.75 Å². The summed E-state index contributed by atoms with van der Waals surface area (Å²) in [5, 5.41) is 28.1. The molecule has 0 heterocycles. The van der Waals surface area contributed by atoms with Crippen molar-refractivity contribution < 1.29 is 20.1 Å². The molecule has 0 spiro atoms. The minimum atomic E-state index is -1.09. The lowest BCUT2D eigenvalue weighted by Crippen LogP contribution is -2.20. The molecule has 0 saturated carbocycles. The first-order valence-corrected chi connectivity index (χ1v) is 5.00. The molecule has 0 aliphatic carbocycles. The molecule has 0 radical (unpaired) electrons. The van der Waals surface area contributed by atoms with E-state index in [1.807, 2.05) is 0 Å². The Morgan fingerprint density at radius 3 is 2.62 bits per heavy atom. The van der Waals surface area contributed by atoms with Crippen molar-refractivity contribution >= 4 is 5.69 Å². The van der Waals surface area contributed by atoms with Crippen molar-refractivity contribution in [1.82, 2.24) is 0 Å². The smallest absolute Gasteiger partial charge is 0.126 e. The van der Waals surface area contributed by atoms with Gasteiger partial charge in [0.2, 0.25) is 0 Å². The second kappa shape index (κ2) is 5.69. The molecular weight excluding hydrogens is 210 g/mol. The summed E-state index contributed by atoms with van der Waals surface area (Å²) in [6, 6.07) is 4.79. The fourth-order valence-corrected chi connectivity index (χ4v) is 1.47. The number of methoxy groups -OCH3 is 1. The normalized spacial score (nSPS) is 14.5.